The molecule has 3 heteroatoms. The Labute approximate surface area is 82.1 Å². The van der Waals surface area contributed by atoms with Gasteiger partial charge in [-0.05, 0) is 39.5 Å². The van der Waals surface area contributed by atoms with Crippen molar-refractivity contribution >= 4 is 0 Å². The Kier molecular flexibility index (Phi) is 8.40. The summed E-state index contributed by atoms with van der Waals surface area (Å²) in [5, 5.41) is 12.2. The number of nitrogens with zero attached hydrogens (tertiary/aromatic N) is 1. The molecule has 1 unspecified atom stereocenters. The van der Waals surface area contributed by atoms with Gasteiger partial charge in [0.25, 0.3) is 0 Å². The lowest BCUT2D eigenvalue weighted by Gasteiger charge is -2.17. The lowest BCUT2D eigenvalue weighted by Crippen LogP contribution is -2.29. The zero-order valence-corrected chi connectivity index (χ0v) is 9.21. The molecule has 0 fully saturated rings. The standard InChI is InChI=1S/C10H24N2O/c1-4-12(5-2)8-6-7-11-9-10(3)13/h10-11,13H,4-9H2,1-3H3. The van der Waals surface area contributed by atoms with Gasteiger partial charge in [0, 0.05) is 6.54 Å². The largest absolute Gasteiger partial charge is 0.392 e. The molecule has 0 radical (unpaired) electrons. The Morgan fingerprint density at radius 2 is 1.92 bits per heavy atom. The minimum atomic E-state index is -0.228. The maximum atomic E-state index is 8.98. The summed E-state index contributed by atoms with van der Waals surface area (Å²) in [6.45, 7) is 11.3. The molecule has 0 aromatic carbocycles. The maximum Gasteiger partial charge on any atom is 0.0636 e. The fourth-order valence-corrected chi connectivity index (χ4v) is 1.28. The Morgan fingerprint density at radius 3 is 2.38 bits per heavy atom. The van der Waals surface area contributed by atoms with Crippen LogP contribution < -0.4 is 5.32 Å². The fraction of sp³-hybridized carbons (Fsp3) is 1.00. The van der Waals surface area contributed by atoms with Gasteiger partial charge in [0.15, 0.2) is 0 Å². The van der Waals surface area contributed by atoms with Gasteiger partial charge in [-0.1, -0.05) is 13.8 Å². The van der Waals surface area contributed by atoms with Crippen LogP contribution in [0.15, 0.2) is 0 Å². The predicted octanol–water partition coefficient (Wildman–Crippen LogP) is 0.689. The van der Waals surface area contributed by atoms with Crippen LogP contribution in [0.25, 0.3) is 0 Å². The van der Waals surface area contributed by atoms with Crippen molar-refractivity contribution in [1.82, 2.24) is 10.2 Å². The lowest BCUT2D eigenvalue weighted by atomic mass is 10.3. The van der Waals surface area contributed by atoms with E-state index < -0.39 is 0 Å². The summed E-state index contributed by atoms with van der Waals surface area (Å²) >= 11 is 0. The van der Waals surface area contributed by atoms with Gasteiger partial charge in [0.1, 0.15) is 0 Å². The van der Waals surface area contributed by atoms with Crippen molar-refractivity contribution in [1.29, 1.82) is 0 Å². The van der Waals surface area contributed by atoms with Crippen LogP contribution in [0.4, 0.5) is 0 Å². The summed E-state index contributed by atoms with van der Waals surface area (Å²) in [6.07, 6.45) is 0.933. The van der Waals surface area contributed by atoms with Crippen LogP contribution in [-0.2, 0) is 0 Å². The third-order valence-corrected chi connectivity index (χ3v) is 2.16. The van der Waals surface area contributed by atoms with E-state index in [-0.39, 0.29) is 6.10 Å². The molecule has 0 aliphatic heterocycles. The summed E-state index contributed by atoms with van der Waals surface area (Å²) < 4.78 is 0. The van der Waals surface area contributed by atoms with Crippen LogP contribution in [0, 0.1) is 0 Å². The summed E-state index contributed by atoms with van der Waals surface area (Å²) in [7, 11) is 0. The molecule has 0 rings (SSSR count). The van der Waals surface area contributed by atoms with Gasteiger partial charge in [-0.2, -0.15) is 0 Å². The van der Waals surface area contributed by atoms with Crippen LogP contribution in [0.2, 0.25) is 0 Å². The molecule has 2 N–H and O–H groups in total. The molecular weight excluding hydrogens is 164 g/mol. The van der Waals surface area contributed by atoms with Crippen molar-refractivity contribution in [3.63, 3.8) is 0 Å². The number of aliphatic hydroxyl groups excluding tert-OH is 1. The topological polar surface area (TPSA) is 35.5 Å². The van der Waals surface area contributed by atoms with Gasteiger partial charge in [-0.25, -0.2) is 0 Å². The van der Waals surface area contributed by atoms with Gasteiger partial charge in [-0.15, -0.1) is 0 Å². The molecule has 13 heavy (non-hydrogen) atoms. The highest BCUT2D eigenvalue weighted by Crippen LogP contribution is 1.89. The minimum absolute atomic E-state index is 0.228. The molecule has 0 heterocycles. The Morgan fingerprint density at radius 1 is 1.31 bits per heavy atom. The Balaban J connectivity index is 3.14. The van der Waals surface area contributed by atoms with Crippen LogP contribution in [0.3, 0.4) is 0 Å². The lowest BCUT2D eigenvalue weighted by molar-refractivity contribution is 0.190. The molecule has 0 aromatic rings. The van der Waals surface area contributed by atoms with Gasteiger partial charge in [-0.3, -0.25) is 0 Å². The van der Waals surface area contributed by atoms with Crippen LogP contribution in [0.1, 0.15) is 27.2 Å². The summed E-state index contributed by atoms with van der Waals surface area (Å²) in [5.74, 6) is 0. The quantitative estimate of drug-likeness (QED) is 0.550. The zero-order valence-electron chi connectivity index (χ0n) is 9.21. The summed E-state index contributed by atoms with van der Waals surface area (Å²) in [4.78, 5) is 2.41. The molecule has 1 atom stereocenters. The smallest absolute Gasteiger partial charge is 0.0636 e. The highest BCUT2D eigenvalue weighted by atomic mass is 16.3. The molecule has 80 valence electrons. The first-order valence-corrected chi connectivity index (χ1v) is 5.31. The first-order valence-electron chi connectivity index (χ1n) is 5.31. The maximum absolute atomic E-state index is 8.98. The third-order valence-electron chi connectivity index (χ3n) is 2.16. The second kappa shape index (κ2) is 8.48. The predicted molar refractivity (Wildman–Crippen MR) is 57.0 cm³/mol. The summed E-state index contributed by atoms with van der Waals surface area (Å²) in [5.41, 5.74) is 0. The van der Waals surface area contributed by atoms with Crippen molar-refractivity contribution in [3.8, 4) is 0 Å². The number of nitrogens with one attached hydrogen (secondary N) is 1. The molecular formula is C10H24N2O. The molecule has 0 aromatic heterocycles. The van der Waals surface area contributed by atoms with Crippen molar-refractivity contribution in [3.05, 3.63) is 0 Å². The van der Waals surface area contributed by atoms with Crippen LogP contribution in [-0.4, -0.2) is 48.8 Å². The van der Waals surface area contributed by atoms with Crippen molar-refractivity contribution in [2.24, 2.45) is 0 Å². The third kappa shape index (κ3) is 8.22. The Hall–Kier alpha value is -0.120. The van der Waals surface area contributed by atoms with Crippen molar-refractivity contribution in [2.45, 2.75) is 33.3 Å². The molecule has 0 spiro atoms. The average Bonchev–Trinajstić information content (AvgIpc) is 2.11. The first-order chi connectivity index (χ1) is 6.20. The van der Waals surface area contributed by atoms with E-state index in [0.717, 1.165) is 32.6 Å². The van der Waals surface area contributed by atoms with E-state index >= 15 is 0 Å². The van der Waals surface area contributed by atoms with E-state index in [9.17, 15) is 0 Å². The highest BCUT2D eigenvalue weighted by molar-refractivity contribution is 4.56. The number of rotatable bonds is 8. The minimum Gasteiger partial charge on any atom is -0.392 e. The molecule has 0 saturated heterocycles. The molecule has 0 amide bonds. The molecule has 0 aliphatic rings. The highest BCUT2D eigenvalue weighted by Gasteiger charge is 1.98. The number of hydrogen-bond acceptors (Lipinski definition) is 3. The molecule has 0 bridgehead atoms. The second-order valence-corrected chi connectivity index (χ2v) is 3.43. The van der Waals surface area contributed by atoms with E-state index in [0.29, 0.717) is 6.54 Å². The van der Waals surface area contributed by atoms with Crippen molar-refractivity contribution in [2.75, 3.05) is 32.7 Å². The molecule has 0 aliphatic carbocycles. The molecule has 3 nitrogen and oxygen atoms in total. The Bertz CT molecular complexity index is 103. The second-order valence-electron chi connectivity index (χ2n) is 3.43. The summed E-state index contributed by atoms with van der Waals surface area (Å²) in [6, 6.07) is 0. The van der Waals surface area contributed by atoms with E-state index in [1.165, 1.54) is 0 Å². The first kappa shape index (κ1) is 12.9. The van der Waals surface area contributed by atoms with E-state index in [2.05, 4.69) is 24.1 Å². The van der Waals surface area contributed by atoms with E-state index in [1.807, 2.05) is 0 Å². The van der Waals surface area contributed by atoms with Crippen molar-refractivity contribution < 1.29 is 5.11 Å². The van der Waals surface area contributed by atoms with E-state index in [4.69, 9.17) is 5.11 Å². The van der Waals surface area contributed by atoms with Crippen LogP contribution in [0.5, 0.6) is 0 Å². The average molecular weight is 188 g/mol. The fourth-order valence-electron chi connectivity index (χ4n) is 1.28. The van der Waals surface area contributed by atoms with Crippen LogP contribution >= 0.6 is 0 Å². The zero-order chi connectivity index (χ0) is 10.1. The SMILES string of the molecule is CCN(CC)CCCNCC(C)O. The normalized spacial score (nSPS) is 13.6. The van der Waals surface area contributed by atoms with Gasteiger partial charge in [0.2, 0.25) is 0 Å². The molecule has 0 saturated carbocycles. The van der Waals surface area contributed by atoms with E-state index in [1.54, 1.807) is 6.92 Å². The van der Waals surface area contributed by atoms with Gasteiger partial charge < -0.3 is 15.3 Å². The van der Waals surface area contributed by atoms with Gasteiger partial charge in [0.05, 0.1) is 6.10 Å². The number of hydrogen-bond donors (Lipinski definition) is 2. The van der Waals surface area contributed by atoms with Gasteiger partial charge >= 0.3 is 0 Å². The monoisotopic (exact) mass is 188 g/mol. The number of aliphatic hydroxyl groups is 1.